The van der Waals surface area contributed by atoms with Gasteiger partial charge in [0, 0.05) is 30.7 Å². The summed E-state index contributed by atoms with van der Waals surface area (Å²) in [6.45, 7) is 1.89. The van der Waals surface area contributed by atoms with Crippen LogP contribution in [0.1, 0.15) is 26.2 Å². The Hall–Kier alpha value is -1.69. The van der Waals surface area contributed by atoms with Crippen LogP contribution in [-0.2, 0) is 9.53 Å². The van der Waals surface area contributed by atoms with Crippen molar-refractivity contribution in [3.63, 3.8) is 0 Å². The molecule has 1 saturated carbocycles. The first-order valence-corrected chi connectivity index (χ1v) is 6.88. The number of hydrogen-bond acceptors (Lipinski definition) is 4. The number of esters is 1. The predicted octanol–water partition coefficient (Wildman–Crippen LogP) is 2.42. The average molecular weight is 299 g/mol. The normalized spacial score (nSPS) is 17.1. The molecule has 0 heterocycles. The Balaban J connectivity index is 1.93. The maximum atomic E-state index is 13.0. The van der Waals surface area contributed by atoms with E-state index in [1.807, 2.05) is 0 Å². The van der Waals surface area contributed by atoms with Crippen molar-refractivity contribution in [3.05, 3.63) is 29.8 Å². The largest absolute Gasteiger partial charge is 0.493 e. The predicted molar refractivity (Wildman–Crippen MR) is 73.0 cm³/mol. The minimum absolute atomic E-state index is 0.103. The summed E-state index contributed by atoms with van der Waals surface area (Å²) >= 11 is 0. The molecule has 1 aromatic rings. The second-order valence-corrected chi connectivity index (χ2v) is 5.45. The van der Waals surface area contributed by atoms with Gasteiger partial charge >= 0.3 is 5.97 Å². The summed E-state index contributed by atoms with van der Waals surface area (Å²) in [5, 5.41) is 3.22. The van der Waals surface area contributed by atoms with E-state index in [-0.39, 0.29) is 18.3 Å². The highest BCUT2D eigenvalue weighted by atomic mass is 19.1. The lowest BCUT2D eigenvalue weighted by molar-refractivity contribution is -0.148. The van der Waals surface area contributed by atoms with Crippen molar-refractivity contribution in [1.29, 1.82) is 0 Å². The summed E-state index contributed by atoms with van der Waals surface area (Å²) in [6.07, 6.45) is 2.40. The molecule has 0 radical (unpaired) electrons. The molecule has 1 aromatic carbocycles. The van der Waals surface area contributed by atoms with Crippen LogP contribution in [0.4, 0.5) is 8.78 Å². The Morgan fingerprint density at radius 3 is 2.48 bits per heavy atom. The van der Waals surface area contributed by atoms with Crippen LogP contribution in [-0.4, -0.2) is 31.3 Å². The van der Waals surface area contributed by atoms with Gasteiger partial charge in [-0.1, -0.05) is 0 Å². The van der Waals surface area contributed by atoms with Crippen molar-refractivity contribution in [3.8, 4) is 5.75 Å². The number of nitrogens with one attached hydrogen (secondary N) is 1. The lowest BCUT2D eigenvalue weighted by Gasteiger charge is -2.28. The minimum atomic E-state index is -0.859. The summed E-state index contributed by atoms with van der Waals surface area (Å²) in [5.74, 6) is -1.66. The van der Waals surface area contributed by atoms with Gasteiger partial charge in [-0.15, -0.1) is 0 Å². The SMILES string of the molecule is COC(=O)C(C)(CCOc1cc(F)cc(F)c1)NC1CC1. The zero-order valence-corrected chi connectivity index (χ0v) is 12.1. The monoisotopic (exact) mass is 299 g/mol. The Morgan fingerprint density at radius 1 is 1.33 bits per heavy atom. The quantitative estimate of drug-likeness (QED) is 0.786. The van der Waals surface area contributed by atoms with Gasteiger partial charge in [-0.05, 0) is 19.8 Å². The zero-order valence-electron chi connectivity index (χ0n) is 12.1. The molecule has 0 amide bonds. The molecule has 1 N–H and O–H groups in total. The molecule has 4 nitrogen and oxygen atoms in total. The molecule has 1 unspecified atom stereocenters. The van der Waals surface area contributed by atoms with E-state index >= 15 is 0 Å². The molecule has 0 aliphatic heterocycles. The van der Waals surface area contributed by atoms with E-state index in [4.69, 9.17) is 9.47 Å². The van der Waals surface area contributed by atoms with Crippen LogP contribution in [0, 0.1) is 11.6 Å². The number of ether oxygens (including phenoxy) is 2. The van der Waals surface area contributed by atoms with Gasteiger partial charge in [0.2, 0.25) is 0 Å². The number of hydrogen-bond donors (Lipinski definition) is 1. The van der Waals surface area contributed by atoms with E-state index in [1.165, 1.54) is 7.11 Å². The molecule has 1 atom stereocenters. The molecule has 1 aliphatic rings. The van der Waals surface area contributed by atoms with Crippen LogP contribution in [0.2, 0.25) is 0 Å². The van der Waals surface area contributed by atoms with Crippen molar-refractivity contribution in [2.45, 2.75) is 37.8 Å². The summed E-state index contributed by atoms with van der Waals surface area (Å²) < 4.78 is 36.2. The van der Waals surface area contributed by atoms with Crippen molar-refractivity contribution in [2.24, 2.45) is 0 Å². The molecular weight excluding hydrogens is 280 g/mol. The van der Waals surface area contributed by atoms with Gasteiger partial charge in [-0.2, -0.15) is 0 Å². The number of carbonyl (C=O) groups is 1. The lowest BCUT2D eigenvalue weighted by Crippen LogP contribution is -2.52. The molecule has 116 valence electrons. The Morgan fingerprint density at radius 2 is 1.95 bits per heavy atom. The summed E-state index contributed by atoms with van der Waals surface area (Å²) in [7, 11) is 1.33. The number of benzene rings is 1. The second kappa shape index (κ2) is 6.39. The number of carbonyl (C=O) groups excluding carboxylic acids is 1. The van der Waals surface area contributed by atoms with Gasteiger partial charge in [0.25, 0.3) is 0 Å². The molecule has 0 bridgehead atoms. The smallest absolute Gasteiger partial charge is 0.325 e. The summed E-state index contributed by atoms with van der Waals surface area (Å²) in [6, 6.07) is 3.31. The first kappa shape index (κ1) is 15.7. The highest BCUT2D eigenvalue weighted by molar-refractivity contribution is 5.80. The van der Waals surface area contributed by atoms with E-state index in [1.54, 1.807) is 6.92 Å². The van der Waals surface area contributed by atoms with Gasteiger partial charge in [0.05, 0.1) is 13.7 Å². The zero-order chi connectivity index (χ0) is 15.5. The fourth-order valence-corrected chi connectivity index (χ4v) is 2.12. The van der Waals surface area contributed by atoms with Crippen molar-refractivity contribution in [1.82, 2.24) is 5.32 Å². The molecule has 2 rings (SSSR count). The van der Waals surface area contributed by atoms with Crippen LogP contribution in [0.3, 0.4) is 0 Å². The molecule has 1 aliphatic carbocycles. The topological polar surface area (TPSA) is 47.6 Å². The van der Waals surface area contributed by atoms with Crippen molar-refractivity contribution >= 4 is 5.97 Å². The number of methoxy groups -OCH3 is 1. The van der Waals surface area contributed by atoms with E-state index < -0.39 is 17.2 Å². The maximum Gasteiger partial charge on any atom is 0.325 e. The molecule has 6 heteroatoms. The van der Waals surface area contributed by atoms with Crippen molar-refractivity contribution in [2.75, 3.05) is 13.7 Å². The van der Waals surface area contributed by atoms with Crippen LogP contribution in [0.25, 0.3) is 0 Å². The maximum absolute atomic E-state index is 13.0. The van der Waals surface area contributed by atoms with Crippen LogP contribution < -0.4 is 10.1 Å². The fourth-order valence-electron chi connectivity index (χ4n) is 2.12. The number of rotatable bonds is 7. The second-order valence-electron chi connectivity index (χ2n) is 5.45. The van der Waals surface area contributed by atoms with Crippen molar-refractivity contribution < 1.29 is 23.0 Å². The van der Waals surface area contributed by atoms with Crippen LogP contribution >= 0.6 is 0 Å². The van der Waals surface area contributed by atoms with Crippen LogP contribution in [0.5, 0.6) is 5.75 Å². The fraction of sp³-hybridized carbons (Fsp3) is 0.533. The molecule has 0 saturated heterocycles. The molecular formula is C15H19F2NO3. The third-order valence-corrected chi connectivity index (χ3v) is 3.44. The highest BCUT2D eigenvalue weighted by Gasteiger charge is 2.39. The third kappa shape index (κ3) is 4.39. The summed E-state index contributed by atoms with van der Waals surface area (Å²) in [5.41, 5.74) is -0.859. The number of halogens is 2. The van der Waals surface area contributed by atoms with E-state index in [0.717, 1.165) is 31.0 Å². The first-order valence-electron chi connectivity index (χ1n) is 6.88. The van der Waals surface area contributed by atoms with Gasteiger partial charge in [-0.25, -0.2) is 8.78 Å². The first-order chi connectivity index (χ1) is 9.93. The van der Waals surface area contributed by atoms with Crippen LogP contribution in [0.15, 0.2) is 18.2 Å². The lowest BCUT2D eigenvalue weighted by atomic mass is 9.98. The standard InChI is InChI=1S/C15H19F2NO3/c1-15(14(19)20-2,18-12-3-4-12)5-6-21-13-8-10(16)7-11(17)9-13/h7-9,12,18H,3-6H2,1-2H3. The van der Waals surface area contributed by atoms with Gasteiger partial charge in [0.15, 0.2) is 0 Å². The molecule has 21 heavy (non-hydrogen) atoms. The van der Waals surface area contributed by atoms with E-state index in [2.05, 4.69) is 5.32 Å². The molecule has 0 spiro atoms. The van der Waals surface area contributed by atoms with Gasteiger partial charge < -0.3 is 9.47 Å². The summed E-state index contributed by atoms with van der Waals surface area (Å²) in [4.78, 5) is 11.9. The van der Waals surface area contributed by atoms with E-state index in [0.29, 0.717) is 12.5 Å². The Bertz CT molecular complexity index is 499. The highest BCUT2D eigenvalue weighted by Crippen LogP contribution is 2.25. The molecule has 0 aromatic heterocycles. The van der Waals surface area contributed by atoms with Gasteiger partial charge in [-0.3, -0.25) is 10.1 Å². The molecule has 1 fully saturated rings. The van der Waals surface area contributed by atoms with Gasteiger partial charge in [0.1, 0.15) is 22.9 Å². The van der Waals surface area contributed by atoms with E-state index in [9.17, 15) is 13.6 Å². The third-order valence-electron chi connectivity index (χ3n) is 3.44. The minimum Gasteiger partial charge on any atom is -0.493 e. The Labute approximate surface area is 122 Å². The Kier molecular flexibility index (Phi) is 4.77. The average Bonchev–Trinajstić information content (AvgIpc) is 3.20.